The Bertz CT molecular complexity index is 1290. The molecule has 1 aliphatic rings. The normalized spacial score (nSPS) is 16.3. The van der Waals surface area contributed by atoms with Crippen molar-refractivity contribution in [2.24, 2.45) is 5.92 Å². The van der Waals surface area contributed by atoms with Gasteiger partial charge >= 0.3 is 0 Å². The van der Waals surface area contributed by atoms with Crippen LogP contribution in [0, 0.1) is 5.92 Å². The summed E-state index contributed by atoms with van der Waals surface area (Å²) in [5.41, 5.74) is 3.06. The number of hydrogen-bond donors (Lipinski definition) is 1. The Kier molecular flexibility index (Phi) is 6.35. The molecule has 3 aromatic heterocycles. The van der Waals surface area contributed by atoms with Crippen LogP contribution >= 0.6 is 0 Å². The van der Waals surface area contributed by atoms with E-state index in [-0.39, 0.29) is 11.8 Å². The minimum absolute atomic E-state index is 0.0768. The molecule has 9 heteroatoms. The van der Waals surface area contributed by atoms with E-state index in [1.54, 1.807) is 37.8 Å². The van der Waals surface area contributed by atoms with Crippen LogP contribution in [-0.2, 0) is 11.2 Å². The molecule has 1 saturated heterocycles. The fourth-order valence-electron chi connectivity index (χ4n) is 4.14. The van der Waals surface area contributed by atoms with E-state index in [1.807, 2.05) is 46.0 Å². The highest BCUT2D eigenvalue weighted by Crippen LogP contribution is 2.24. The molecule has 0 spiro atoms. The summed E-state index contributed by atoms with van der Waals surface area (Å²) in [4.78, 5) is 28.6. The molecule has 4 aromatic rings. The van der Waals surface area contributed by atoms with E-state index in [2.05, 4.69) is 20.3 Å². The SMILES string of the molecule is COc1cccc(Nc2ncccc2C(=O)N2CCOC[C@H](Cc3cn4ccnc4cn3)C2)c1. The summed E-state index contributed by atoms with van der Waals surface area (Å²) in [5.74, 6) is 1.29. The average molecular weight is 459 g/mol. The zero-order valence-electron chi connectivity index (χ0n) is 18.9. The van der Waals surface area contributed by atoms with Crippen LogP contribution in [0.5, 0.6) is 5.75 Å². The largest absolute Gasteiger partial charge is 0.497 e. The number of ether oxygens (including phenoxy) is 2. The molecule has 34 heavy (non-hydrogen) atoms. The van der Waals surface area contributed by atoms with Gasteiger partial charge in [-0.25, -0.2) is 9.97 Å². The van der Waals surface area contributed by atoms with Gasteiger partial charge in [-0.2, -0.15) is 0 Å². The molecule has 1 aliphatic heterocycles. The summed E-state index contributed by atoms with van der Waals surface area (Å²) in [7, 11) is 1.62. The zero-order chi connectivity index (χ0) is 23.3. The van der Waals surface area contributed by atoms with Crippen molar-refractivity contribution in [1.29, 1.82) is 0 Å². The van der Waals surface area contributed by atoms with E-state index in [4.69, 9.17) is 9.47 Å². The number of pyridine rings is 1. The van der Waals surface area contributed by atoms with E-state index >= 15 is 0 Å². The first-order valence-corrected chi connectivity index (χ1v) is 11.2. The predicted molar refractivity (Wildman–Crippen MR) is 127 cm³/mol. The molecule has 1 aromatic carbocycles. The molecule has 1 amide bonds. The van der Waals surface area contributed by atoms with Gasteiger partial charge < -0.3 is 24.1 Å². The summed E-state index contributed by atoms with van der Waals surface area (Å²) in [5, 5.41) is 3.26. The lowest BCUT2D eigenvalue weighted by Gasteiger charge is -2.24. The van der Waals surface area contributed by atoms with Gasteiger partial charge in [0.05, 0.1) is 37.8 Å². The molecule has 1 atom stereocenters. The van der Waals surface area contributed by atoms with Gasteiger partial charge in [0.15, 0.2) is 5.65 Å². The van der Waals surface area contributed by atoms with E-state index < -0.39 is 0 Å². The van der Waals surface area contributed by atoms with Gasteiger partial charge in [-0.1, -0.05) is 6.07 Å². The topological polar surface area (TPSA) is 93.9 Å². The third-order valence-electron chi connectivity index (χ3n) is 5.83. The average Bonchev–Trinajstić information content (AvgIpc) is 3.21. The number of hydrogen-bond acceptors (Lipinski definition) is 7. The first-order valence-electron chi connectivity index (χ1n) is 11.2. The lowest BCUT2D eigenvalue weighted by Crippen LogP contribution is -2.37. The van der Waals surface area contributed by atoms with Crippen molar-refractivity contribution >= 4 is 23.1 Å². The van der Waals surface area contributed by atoms with Crippen LogP contribution in [0.3, 0.4) is 0 Å². The molecule has 0 bridgehead atoms. The highest BCUT2D eigenvalue weighted by atomic mass is 16.5. The van der Waals surface area contributed by atoms with Crippen LogP contribution in [0.1, 0.15) is 16.1 Å². The third kappa shape index (κ3) is 4.84. The molecule has 0 unspecified atom stereocenters. The van der Waals surface area contributed by atoms with E-state index in [9.17, 15) is 4.79 Å². The van der Waals surface area contributed by atoms with Crippen molar-refractivity contribution in [3.05, 3.63) is 78.6 Å². The van der Waals surface area contributed by atoms with Gasteiger partial charge in [-0.05, 0) is 30.7 Å². The summed E-state index contributed by atoms with van der Waals surface area (Å²) in [6.07, 6.45) is 9.78. The van der Waals surface area contributed by atoms with Crippen LogP contribution in [0.25, 0.3) is 5.65 Å². The van der Waals surface area contributed by atoms with Crippen LogP contribution < -0.4 is 10.1 Å². The number of methoxy groups -OCH3 is 1. The second-order valence-corrected chi connectivity index (χ2v) is 8.22. The molecule has 0 saturated carbocycles. The lowest BCUT2D eigenvalue weighted by atomic mass is 10.0. The van der Waals surface area contributed by atoms with Crippen LogP contribution in [0.4, 0.5) is 11.5 Å². The van der Waals surface area contributed by atoms with Gasteiger partial charge in [-0.3, -0.25) is 9.78 Å². The Balaban J connectivity index is 1.33. The predicted octanol–water partition coefficient (Wildman–Crippen LogP) is 3.21. The van der Waals surface area contributed by atoms with Crippen LogP contribution in [0.2, 0.25) is 0 Å². The van der Waals surface area contributed by atoms with Crippen LogP contribution in [0.15, 0.2) is 67.4 Å². The first kappa shape index (κ1) is 21.8. The molecular formula is C25H26N6O3. The quantitative estimate of drug-likeness (QED) is 0.474. The number of nitrogens with one attached hydrogen (secondary N) is 1. The maximum absolute atomic E-state index is 13.6. The fourth-order valence-corrected chi connectivity index (χ4v) is 4.14. The molecule has 9 nitrogen and oxygen atoms in total. The Morgan fingerprint density at radius 2 is 2.15 bits per heavy atom. The van der Waals surface area contributed by atoms with Crippen molar-refractivity contribution in [3.8, 4) is 5.75 Å². The number of carbonyl (C=O) groups is 1. The number of aromatic nitrogens is 4. The van der Waals surface area contributed by atoms with E-state index in [1.165, 1.54) is 0 Å². The van der Waals surface area contributed by atoms with Gasteiger partial charge in [0.2, 0.25) is 0 Å². The lowest BCUT2D eigenvalue weighted by molar-refractivity contribution is 0.0738. The minimum Gasteiger partial charge on any atom is -0.497 e. The van der Waals surface area contributed by atoms with Crippen LogP contribution in [-0.4, -0.2) is 63.6 Å². The highest BCUT2D eigenvalue weighted by molar-refractivity contribution is 5.99. The summed E-state index contributed by atoms with van der Waals surface area (Å²) >= 11 is 0. The second kappa shape index (κ2) is 9.88. The fraction of sp³-hybridized carbons (Fsp3) is 0.280. The van der Waals surface area contributed by atoms with Gasteiger partial charge in [0.1, 0.15) is 11.6 Å². The van der Waals surface area contributed by atoms with Crippen molar-refractivity contribution in [2.45, 2.75) is 6.42 Å². The van der Waals surface area contributed by atoms with Crippen molar-refractivity contribution in [3.63, 3.8) is 0 Å². The van der Waals surface area contributed by atoms with Crippen molar-refractivity contribution in [1.82, 2.24) is 24.3 Å². The minimum atomic E-state index is -0.0768. The van der Waals surface area contributed by atoms with Gasteiger partial charge in [0.25, 0.3) is 5.91 Å². The number of carbonyl (C=O) groups excluding carboxylic acids is 1. The molecule has 174 valence electrons. The van der Waals surface area contributed by atoms with Crippen molar-refractivity contribution < 1.29 is 14.3 Å². The number of fused-ring (bicyclic) bond motifs is 1. The number of rotatable bonds is 6. The van der Waals surface area contributed by atoms with Gasteiger partial charge in [-0.15, -0.1) is 0 Å². The molecule has 4 heterocycles. The molecule has 1 fully saturated rings. The smallest absolute Gasteiger partial charge is 0.257 e. The summed E-state index contributed by atoms with van der Waals surface area (Å²) in [6, 6.07) is 11.1. The number of nitrogens with zero attached hydrogens (tertiary/aromatic N) is 5. The highest BCUT2D eigenvalue weighted by Gasteiger charge is 2.26. The summed E-state index contributed by atoms with van der Waals surface area (Å²) < 4.78 is 13.1. The second-order valence-electron chi connectivity index (χ2n) is 8.22. The monoisotopic (exact) mass is 458 g/mol. The standard InChI is InChI=1S/C25H26N6O3/c1-33-21-5-2-4-19(13-21)29-24-22(6-3-7-27-24)25(32)31-10-11-34-17-18(15-31)12-20-16-30-9-8-26-23(30)14-28-20/h2-9,13-14,16,18H,10-12,15,17H2,1H3,(H,27,29)/t18-/m1/s1. The van der Waals surface area contributed by atoms with E-state index in [0.717, 1.165) is 22.8 Å². The molecule has 5 rings (SSSR count). The molecule has 0 aliphatic carbocycles. The molecule has 1 N–H and O–H groups in total. The molecular weight excluding hydrogens is 432 g/mol. The van der Waals surface area contributed by atoms with E-state index in [0.29, 0.717) is 44.1 Å². The first-order chi connectivity index (χ1) is 16.7. The Hall–Kier alpha value is -3.98. The summed E-state index contributed by atoms with van der Waals surface area (Å²) in [6.45, 7) is 2.18. The maximum Gasteiger partial charge on any atom is 0.257 e. The third-order valence-corrected chi connectivity index (χ3v) is 5.83. The zero-order valence-corrected chi connectivity index (χ0v) is 18.9. The Morgan fingerprint density at radius 3 is 3.06 bits per heavy atom. The molecule has 0 radical (unpaired) electrons. The Morgan fingerprint density at radius 1 is 1.21 bits per heavy atom. The number of benzene rings is 1. The Labute approximate surface area is 197 Å². The van der Waals surface area contributed by atoms with Crippen molar-refractivity contribution in [2.75, 3.05) is 38.7 Å². The number of amides is 1. The number of imidazole rings is 1. The number of anilines is 2. The van der Waals surface area contributed by atoms with Gasteiger partial charge in [0, 0.05) is 55.5 Å². The maximum atomic E-state index is 13.6.